The molecule has 0 bridgehead atoms. The van der Waals surface area contributed by atoms with Gasteiger partial charge in [0.05, 0.1) is 0 Å². The lowest BCUT2D eigenvalue weighted by Gasteiger charge is -1.99. The standard InChI is InChI=1S/C14H10N2O4/c17-13(19-11-7-3-1-4-8-11)15-16-14(18)20-12-9-5-2-6-10-12/h1-10H. The van der Waals surface area contributed by atoms with Crippen molar-refractivity contribution in [3.63, 3.8) is 0 Å². The predicted molar refractivity (Wildman–Crippen MR) is 69.8 cm³/mol. The molecular formula is C14H10N2O4. The van der Waals surface area contributed by atoms with Crippen molar-refractivity contribution >= 4 is 12.2 Å². The Hall–Kier alpha value is -3.02. The highest BCUT2D eigenvalue weighted by Crippen LogP contribution is 2.10. The Kier molecular flexibility index (Phi) is 4.55. The van der Waals surface area contributed by atoms with E-state index in [0.29, 0.717) is 11.5 Å². The van der Waals surface area contributed by atoms with Crippen molar-refractivity contribution in [2.24, 2.45) is 10.2 Å². The SMILES string of the molecule is O=C(N=NC(=O)Oc1ccccc1)Oc1ccccc1. The van der Waals surface area contributed by atoms with E-state index in [1.807, 2.05) is 0 Å². The van der Waals surface area contributed by atoms with Gasteiger partial charge in [-0.3, -0.25) is 0 Å². The van der Waals surface area contributed by atoms with Crippen molar-refractivity contribution in [2.75, 3.05) is 0 Å². The predicted octanol–water partition coefficient (Wildman–Crippen LogP) is 3.84. The van der Waals surface area contributed by atoms with Gasteiger partial charge in [0.1, 0.15) is 11.5 Å². The number of hydrogen-bond acceptors (Lipinski definition) is 4. The Bertz CT molecular complexity index is 556. The van der Waals surface area contributed by atoms with Crippen LogP contribution in [0, 0.1) is 0 Å². The van der Waals surface area contributed by atoms with Gasteiger partial charge in [-0.05, 0) is 24.3 Å². The quantitative estimate of drug-likeness (QED) is 0.777. The van der Waals surface area contributed by atoms with Crippen LogP contribution in [-0.4, -0.2) is 12.2 Å². The Morgan fingerprint density at radius 3 is 1.35 bits per heavy atom. The number of hydrogen-bond donors (Lipinski definition) is 0. The Morgan fingerprint density at radius 2 is 1.00 bits per heavy atom. The molecule has 2 rings (SSSR count). The summed E-state index contributed by atoms with van der Waals surface area (Å²) in [5, 5.41) is 6.21. The van der Waals surface area contributed by atoms with Gasteiger partial charge in [0, 0.05) is 0 Å². The zero-order chi connectivity index (χ0) is 14.2. The molecule has 0 heterocycles. The molecule has 0 fully saturated rings. The number of nitrogens with zero attached hydrogens (tertiary/aromatic N) is 2. The third-order valence-electron chi connectivity index (χ3n) is 2.11. The zero-order valence-electron chi connectivity index (χ0n) is 10.3. The summed E-state index contributed by atoms with van der Waals surface area (Å²) in [6.07, 6.45) is -2.00. The minimum Gasteiger partial charge on any atom is -0.408 e. The van der Waals surface area contributed by atoms with Crippen molar-refractivity contribution in [3.8, 4) is 11.5 Å². The molecule has 0 aliphatic rings. The fraction of sp³-hybridized carbons (Fsp3) is 0. The molecule has 0 N–H and O–H groups in total. The van der Waals surface area contributed by atoms with Crippen LogP contribution in [0.3, 0.4) is 0 Å². The fourth-order valence-electron chi connectivity index (χ4n) is 1.30. The van der Waals surface area contributed by atoms with E-state index in [9.17, 15) is 9.59 Å². The summed E-state index contributed by atoms with van der Waals surface area (Å²) in [6, 6.07) is 16.7. The van der Waals surface area contributed by atoms with Crippen LogP contribution in [0.1, 0.15) is 0 Å². The van der Waals surface area contributed by atoms with Gasteiger partial charge < -0.3 is 9.47 Å². The number of rotatable bonds is 2. The second kappa shape index (κ2) is 6.79. The molecule has 0 aromatic heterocycles. The van der Waals surface area contributed by atoms with Crippen LogP contribution >= 0.6 is 0 Å². The molecule has 0 saturated carbocycles. The first kappa shape index (κ1) is 13.4. The first-order valence-corrected chi connectivity index (χ1v) is 5.69. The summed E-state index contributed by atoms with van der Waals surface area (Å²) >= 11 is 0. The van der Waals surface area contributed by atoms with E-state index in [0.717, 1.165) is 0 Å². The molecule has 2 amide bonds. The van der Waals surface area contributed by atoms with Gasteiger partial charge in [0.2, 0.25) is 0 Å². The van der Waals surface area contributed by atoms with Gasteiger partial charge in [0.25, 0.3) is 0 Å². The molecule has 20 heavy (non-hydrogen) atoms. The van der Waals surface area contributed by atoms with Crippen LogP contribution in [0.15, 0.2) is 70.9 Å². The number of carbonyl (C=O) groups is 2. The van der Waals surface area contributed by atoms with E-state index >= 15 is 0 Å². The summed E-state index contributed by atoms with van der Waals surface area (Å²) in [4.78, 5) is 22.6. The smallest absolute Gasteiger partial charge is 0.408 e. The molecule has 100 valence electrons. The van der Waals surface area contributed by atoms with E-state index in [-0.39, 0.29) is 0 Å². The molecule has 0 saturated heterocycles. The number of carbonyl (C=O) groups excluding carboxylic acids is 2. The molecule has 0 atom stereocenters. The topological polar surface area (TPSA) is 77.3 Å². The maximum atomic E-state index is 11.3. The summed E-state index contributed by atoms with van der Waals surface area (Å²) in [6.45, 7) is 0. The lowest BCUT2D eigenvalue weighted by atomic mass is 10.3. The van der Waals surface area contributed by atoms with Crippen molar-refractivity contribution in [2.45, 2.75) is 0 Å². The van der Waals surface area contributed by atoms with Gasteiger partial charge in [0.15, 0.2) is 0 Å². The number of benzene rings is 2. The average molecular weight is 270 g/mol. The molecule has 0 aliphatic heterocycles. The molecule has 6 heteroatoms. The molecule has 2 aromatic rings. The van der Waals surface area contributed by atoms with Crippen molar-refractivity contribution in [1.29, 1.82) is 0 Å². The lowest BCUT2D eigenvalue weighted by molar-refractivity contribution is 0.200. The summed E-state index contributed by atoms with van der Waals surface area (Å²) < 4.78 is 9.62. The first-order valence-electron chi connectivity index (χ1n) is 5.69. The molecular weight excluding hydrogens is 260 g/mol. The second-order valence-electron chi connectivity index (χ2n) is 3.56. The van der Waals surface area contributed by atoms with Gasteiger partial charge in [-0.1, -0.05) is 46.6 Å². The molecule has 0 unspecified atom stereocenters. The third-order valence-corrected chi connectivity index (χ3v) is 2.11. The molecule has 0 spiro atoms. The number of ether oxygens (including phenoxy) is 2. The lowest BCUT2D eigenvalue weighted by Crippen LogP contribution is -2.05. The van der Waals surface area contributed by atoms with Crippen molar-refractivity contribution < 1.29 is 19.1 Å². The van der Waals surface area contributed by atoms with Gasteiger partial charge in [-0.25, -0.2) is 9.59 Å². The largest absolute Gasteiger partial charge is 0.458 e. The van der Waals surface area contributed by atoms with E-state index in [1.165, 1.54) is 0 Å². The fourth-order valence-corrected chi connectivity index (χ4v) is 1.30. The van der Waals surface area contributed by atoms with Gasteiger partial charge in [-0.15, -0.1) is 0 Å². The Labute approximate surface area is 114 Å². The number of azo groups is 1. The normalized spacial score (nSPS) is 10.2. The molecule has 6 nitrogen and oxygen atoms in total. The van der Waals surface area contributed by atoms with E-state index in [2.05, 4.69) is 10.2 Å². The number of para-hydroxylation sites is 2. The highest BCUT2D eigenvalue weighted by atomic mass is 16.6. The summed E-state index contributed by atoms with van der Waals surface area (Å²) in [5.41, 5.74) is 0. The first-order chi connectivity index (χ1) is 9.74. The molecule has 2 aromatic carbocycles. The maximum absolute atomic E-state index is 11.3. The van der Waals surface area contributed by atoms with E-state index < -0.39 is 12.2 Å². The van der Waals surface area contributed by atoms with Crippen LogP contribution in [0.5, 0.6) is 11.5 Å². The highest BCUT2D eigenvalue weighted by molar-refractivity contribution is 5.75. The van der Waals surface area contributed by atoms with Gasteiger partial charge in [-0.2, -0.15) is 0 Å². The Morgan fingerprint density at radius 1 is 0.650 bits per heavy atom. The minimum atomic E-state index is -0.999. The minimum absolute atomic E-state index is 0.313. The average Bonchev–Trinajstić information content (AvgIpc) is 2.47. The maximum Gasteiger partial charge on any atom is 0.458 e. The Balaban J connectivity index is 1.86. The summed E-state index contributed by atoms with van der Waals surface area (Å²) in [5.74, 6) is 0.626. The van der Waals surface area contributed by atoms with Gasteiger partial charge >= 0.3 is 12.2 Å². The number of amides is 2. The van der Waals surface area contributed by atoms with Crippen LogP contribution in [0.4, 0.5) is 9.59 Å². The summed E-state index contributed by atoms with van der Waals surface area (Å²) in [7, 11) is 0. The van der Waals surface area contributed by atoms with E-state index in [4.69, 9.17) is 9.47 Å². The molecule has 0 radical (unpaired) electrons. The highest BCUT2D eigenvalue weighted by Gasteiger charge is 2.06. The van der Waals surface area contributed by atoms with E-state index in [1.54, 1.807) is 60.7 Å². The van der Waals surface area contributed by atoms with Crippen molar-refractivity contribution in [1.82, 2.24) is 0 Å². The van der Waals surface area contributed by atoms with Crippen molar-refractivity contribution in [3.05, 3.63) is 60.7 Å². The zero-order valence-corrected chi connectivity index (χ0v) is 10.3. The second-order valence-corrected chi connectivity index (χ2v) is 3.56. The van der Waals surface area contributed by atoms with Crippen LogP contribution < -0.4 is 9.47 Å². The molecule has 0 aliphatic carbocycles. The van der Waals surface area contributed by atoms with Crippen LogP contribution in [-0.2, 0) is 0 Å². The monoisotopic (exact) mass is 270 g/mol. The van der Waals surface area contributed by atoms with Crippen LogP contribution in [0.25, 0.3) is 0 Å². The van der Waals surface area contributed by atoms with Crippen LogP contribution in [0.2, 0.25) is 0 Å². The third kappa shape index (κ3) is 4.34.